The number of benzene rings is 3. The molecule has 7 rings (SSSR count). The van der Waals surface area contributed by atoms with Gasteiger partial charge in [-0.1, -0.05) is 110 Å². The molecule has 1 aromatic heterocycles. The molecule has 0 saturated heterocycles. The summed E-state index contributed by atoms with van der Waals surface area (Å²) in [6.45, 7) is 26.8. The number of hydrogen-bond acceptors (Lipinski definition) is 5. The molecule has 0 radical (unpaired) electrons. The van der Waals surface area contributed by atoms with Crippen molar-refractivity contribution >= 4 is 23.1 Å². The van der Waals surface area contributed by atoms with E-state index in [0.29, 0.717) is 17.4 Å². The Morgan fingerprint density at radius 2 is 1.51 bits per heavy atom. The van der Waals surface area contributed by atoms with Crippen LogP contribution in [-0.4, -0.2) is 22.0 Å². The molecule has 3 heterocycles. The van der Waals surface area contributed by atoms with Gasteiger partial charge >= 0.3 is 21.1 Å². The van der Waals surface area contributed by atoms with Gasteiger partial charge in [0.15, 0.2) is 0 Å². The van der Waals surface area contributed by atoms with Crippen LogP contribution in [0, 0.1) is 26.0 Å². The van der Waals surface area contributed by atoms with Crippen molar-refractivity contribution in [2.45, 2.75) is 136 Å². The maximum absolute atomic E-state index is 6.85. The van der Waals surface area contributed by atoms with Gasteiger partial charge in [-0.3, -0.25) is 4.99 Å². The van der Waals surface area contributed by atoms with E-state index in [1.54, 1.807) is 0 Å². The van der Waals surface area contributed by atoms with Crippen molar-refractivity contribution in [2.24, 2.45) is 4.99 Å². The van der Waals surface area contributed by atoms with Gasteiger partial charge in [0.1, 0.15) is 17.3 Å². The van der Waals surface area contributed by atoms with Crippen LogP contribution >= 0.6 is 0 Å². The normalized spacial score (nSPS) is 22.2. The third-order valence-electron chi connectivity index (χ3n) is 11.5. The molecule has 0 N–H and O–H groups in total. The molecule has 5 nitrogen and oxygen atoms in total. The number of nitrogens with zero attached hydrogens (tertiary/aromatic N) is 3. The average molecular weight is 863 g/mol. The first-order chi connectivity index (χ1) is 23.3. The summed E-state index contributed by atoms with van der Waals surface area (Å²) in [5, 5.41) is 0. The Morgan fingerprint density at radius 1 is 0.804 bits per heavy atom. The van der Waals surface area contributed by atoms with Crippen LogP contribution in [-0.2, 0) is 42.0 Å². The molecule has 0 spiro atoms. The molecule has 270 valence electrons. The van der Waals surface area contributed by atoms with Crippen molar-refractivity contribution in [3.8, 4) is 11.5 Å². The van der Waals surface area contributed by atoms with Crippen molar-refractivity contribution in [3.63, 3.8) is 0 Å². The van der Waals surface area contributed by atoms with Gasteiger partial charge in [0.25, 0.3) is 0 Å². The maximum Gasteiger partial charge on any atom is 2.00 e. The predicted octanol–water partition coefficient (Wildman–Crippen LogP) is 11.7. The van der Waals surface area contributed by atoms with Gasteiger partial charge in [0, 0.05) is 23.4 Å². The summed E-state index contributed by atoms with van der Waals surface area (Å²) in [6.07, 6.45) is 6.30. The van der Waals surface area contributed by atoms with Crippen molar-refractivity contribution in [2.75, 3.05) is 4.90 Å². The molecular formula is C45H53N3O2Pt. The molecule has 4 aromatic rings. The zero-order valence-corrected chi connectivity index (χ0v) is 34.8. The largest absolute Gasteiger partial charge is 2.00 e. The van der Waals surface area contributed by atoms with Crippen LogP contribution in [0.5, 0.6) is 11.5 Å². The quantitative estimate of drug-likeness (QED) is 0.192. The number of aromatic nitrogens is 1. The van der Waals surface area contributed by atoms with E-state index in [2.05, 4.69) is 149 Å². The second-order valence-electron chi connectivity index (χ2n) is 17.9. The molecule has 2 aliphatic heterocycles. The molecular weight excluding hydrogens is 810 g/mol. The second-order valence-corrected chi connectivity index (χ2v) is 17.9. The summed E-state index contributed by atoms with van der Waals surface area (Å²) in [5.41, 5.74) is 9.03. The van der Waals surface area contributed by atoms with Crippen molar-refractivity contribution in [1.82, 2.24) is 4.98 Å². The van der Waals surface area contributed by atoms with Gasteiger partial charge in [-0.25, -0.2) is 4.98 Å². The number of fused-ring (bicyclic) bond motifs is 3. The summed E-state index contributed by atoms with van der Waals surface area (Å²) in [5.74, 6) is 2.84. The molecule has 0 bridgehead atoms. The van der Waals surface area contributed by atoms with E-state index < -0.39 is 0 Å². The first-order valence-corrected chi connectivity index (χ1v) is 18.3. The fraction of sp³-hybridized carbons (Fsp3) is 0.467. The molecule has 0 unspecified atom stereocenters. The molecule has 2 atom stereocenters. The number of ether oxygens (including phenoxy) is 2. The Morgan fingerprint density at radius 3 is 2.20 bits per heavy atom. The predicted molar refractivity (Wildman–Crippen MR) is 205 cm³/mol. The molecule has 1 saturated carbocycles. The SMILES string of the molecule is Cc1ccc2c(c1)C(C)(C)c1cc(C)c(Oc3[c-]c(C4=N[C@@]5(C)CCCC[C@]5(C)O4)cc(C(C)(C)C)c3)[c-]c1N2c1cc(C(C)(C)C)ccn1.[Pt+2]. The Bertz CT molecular complexity index is 2030. The summed E-state index contributed by atoms with van der Waals surface area (Å²) in [6, 6.07) is 25.0. The number of pyridine rings is 1. The summed E-state index contributed by atoms with van der Waals surface area (Å²) in [7, 11) is 0. The van der Waals surface area contributed by atoms with E-state index in [9.17, 15) is 0 Å². The molecule has 1 fully saturated rings. The Balaban J connectivity index is 0.00000448. The number of aryl methyl sites for hydroxylation is 2. The Kier molecular flexibility index (Phi) is 9.23. The average Bonchev–Trinajstić information content (AvgIpc) is 3.33. The van der Waals surface area contributed by atoms with Gasteiger partial charge < -0.3 is 14.4 Å². The van der Waals surface area contributed by atoms with Crippen molar-refractivity contribution in [3.05, 3.63) is 106 Å². The maximum atomic E-state index is 6.85. The molecule has 3 aromatic carbocycles. The number of aliphatic imine (C=N–C) groups is 1. The van der Waals surface area contributed by atoms with Gasteiger partial charge in [-0.15, -0.1) is 28.8 Å². The third-order valence-corrected chi connectivity index (χ3v) is 11.5. The zero-order valence-electron chi connectivity index (χ0n) is 32.5. The third kappa shape index (κ3) is 6.47. The fourth-order valence-electron chi connectivity index (χ4n) is 7.87. The van der Waals surface area contributed by atoms with E-state index in [0.717, 1.165) is 53.1 Å². The van der Waals surface area contributed by atoms with E-state index in [1.165, 1.54) is 28.7 Å². The van der Waals surface area contributed by atoms with Gasteiger partial charge in [-0.05, 0) is 85.6 Å². The summed E-state index contributed by atoms with van der Waals surface area (Å²) >= 11 is 0. The molecule has 3 aliphatic rings. The summed E-state index contributed by atoms with van der Waals surface area (Å²) < 4.78 is 13.6. The monoisotopic (exact) mass is 862 g/mol. The van der Waals surface area contributed by atoms with E-state index in [-0.39, 0.29) is 48.5 Å². The van der Waals surface area contributed by atoms with Crippen LogP contribution < -0.4 is 9.64 Å². The van der Waals surface area contributed by atoms with Gasteiger partial charge in [0.05, 0.1) is 5.54 Å². The van der Waals surface area contributed by atoms with Crippen LogP contribution in [0.3, 0.4) is 0 Å². The van der Waals surface area contributed by atoms with E-state index in [1.807, 2.05) is 6.20 Å². The molecule has 0 amide bonds. The first-order valence-electron chi connectivity index (χ1n) is 18.3. The minimum atomic E-state index is -0.306. The Labute approximate surface area is 320 Å². The number of hydrogen-bond donors (Lipinski definition) is 0. The Hall–Kier alpha value is -3.43. The number of rotatable bonds is 4. The van der Waals surface area contributed by atoms with Crippen LogP contribution in [0.1, 0.15) is 134 Å². The smallest absolute Gasteiger partial charge is 0.512 e. The molecule has 51 heavy (non-hydrogen) atoms. The van der Waals surface area contributed by atoms with Crippen LogP contribution in [0.25, 0.3) is 0 Å². The standard InChI is InChI=1S/C45H53N3O2.Pt/c1-28-15-16-36-34(21-28)43(9,10)35-22-29(2)38(27-37(35)48(36)39-26-31(17-20-46-39)41(3,4)5)49-33-24-30(23-32(25-33)42(6,7)8)40-47-44(11)18-13-14-19-45(44,12)50-40;/h15-17,20-23,25-26H,13-14,18-19H2,1-12H3;/q-2;+2/t44-,45-;/m0./s1. The molecule has 1 aliphatic carbocycles. The second kappa shape index (κ2) is 12.6. The van der Waals surface area contributed by atoms with E-state index >= 15 is 0 Å². The minimum Gasteiger partial charge on any atom is -0.512 e. The van der Waals surface area contributed by atoms with Crippen molar-refractivity contribution in [1.29, 1.82) is 0 Å². The fourth-order valence-corrected chi connectivity index (χ4v) is 7.87. The first kappa shape index (κ1) is 37.3. The van der Waals surface area contributed by atoms with Crippen LogP contribution in [0.15, 0.2) is 59.7 Å². The zero-order chi connectivity index (χ0) is 36.0. The number of anilines is 3. The van der Waals surface area contributed by atoms with Crippen LogP contribution in [0.2, 0.25) is 0 Å². The summed E-state index contributed by atoms with van der Waals surface area (Å²) in [4.78, 5) is 12.4. The van der Waals surface area contributed by atoms with Gasteiger partial charge in [0.2, 0.25) is 0 Å². The van der Waals surface area contributed by atoms with Crippen molar-refractivity contribution < 1.29 is 30.5 Å². The van der Waals surface area contributed by atoms with Crippen LogP contribution in [0.4, 0.5) is 17.2 Å². The van der Waals surface area contributed by atoms with Gasteiger partial charge in [-0.2, -0.15) is 6.07 Å². The molecule has 6 heteroatoms. The topological polar surface area (TPSA) is 47.0 Å². The van der Waals surface area contributed by atoms with E-state index in [4.69, 9.17) is 19.5 Å². The minimum absolute atomic E-state index is 0.